The van der Waals surface area contributed by atoms with Gasteiger partial charge in [0.05, 0.1) is 0 Å². The summed E-state index contributed by atoms with van der Waals surface area (Å²) in [7, 11) is 0. The predicted octanol–water partition coefficient (Wildman–Crippen LogP) is 5.82. The van der Waals surface area contributed by atoms with Crippen LogP contribution in [-0.4, -0.2) is 0 Å². The Hall–Kier alpha value is -1.82. The van der Waals surface area contributed by atoms with E-state index in [9.17, 15) is 0 Å². The monoisotopic (exact) mass is 238 g/mol. The molecule has 1 rings (SSSR count). The number of hydrogen-bond acceptors (Lipinski definition) is 0. The van der Waals surface area contributed by atoms with Gasteiger partial charge in [0.25, 0.3) is 0 Å². The molecule has 0 nitrogen and oxygen atoms in total. The predicted molar refractivity (Wildman–Crippen MR) is 85.3 cm³/mol. The van der Waals surface area contributed by atoms with Crippen LogP contribution in [0.5, 0.6) is 0 Å². The first-order valence-electron chi connectivity index (χ1n) is 6.45. The smallest absolute Gasteiger partial charge is 0.0181 e. The van der Waals surface area contributed by atoms with Crippen molar-refractivity contribution in [3.8, 4) is 0 Å². The van der Waals surface area contributed by atoms with Crippen LogP contribution in [0.25, 0.3) is 24.3 Å². The molecule has 0 aliphatic carbocycles. The van der Waals surface area contributed by atoms with Gasteiger partial charge in [0.2, 0.25) is 0 Å². The lowest BCUT2D eigenvalue weighted by Gasteiger charge is -2.08. The van der Waals surface area contributed by atoms with E-state index in [0.29, 0.717) is 0 Å². The summed E-state index contributed by atoms with van der Waals surface area (Å²) in [5.74, 6) is 0. The molecule has 0 radical (unpaired) electrons. The fourth-order valence-electron chi connectivity index (χ4n) is 1.96. The maximum absolute atomic E-state index is 2.24. The van der Waals surface area contributed by atoms with Crippen molar-refractivity contribution in [3.63, 3.8) is 0 Å². The van der Waals surface area contributed by atoms with Crippen LogP contribution >= 0.6 is 0 Å². The summed E-state index contributed by atoms with van der Waals surface area (Å²) in [5, 5.41) is 0. The van der Waals surface area contributed by atoms with Crippen LogP contribution in [0, 0.1) is 0 Å². The Morgan fingerprint density at radius 2 is 0.722 bits per heavy atom. The van der Waals surface area contributed by atoms with Gasteiger partial charge < -0.3 is 0 Å². The molecule has 0 heterocycles. The zero-order valence-corrected chi connectivity index (χ0v) is 11.8. The van der Waals surface area contributed by atoms with E-state index in [1.54, 1.807) is 0 Å². The fourth-order valence-corrected chi connectivity index (χ4v) is 1.96. The van der Waals surface area contributed by atoms with Crippen molar-refractivity contribution in [2.45, 2.75) is 27.7 Å². The van der Waals surface area contributed by atoms with Crippen LogP contribution in [0.15, 0.2) is 36.4 Å². The van der Waals surface area contributed by atoms with Crippen LogP contribution in [-0.2, 0) is 0 Å². The van der Waals surface area contributed by atoms with Gasteiger partial charge in [-0.25, -0.2) is 0 Å². The third kappa shape index (κ3) is 3.59. The summed E-state index contributed by atoms with van der Waals surface area (Å²) >= 11 is 0. The molecule has 0 aliphatic rings. The zero-order valence-electron chi connectivity index (χ0n) is 11.8. The minimum Gasteiger partial charge on any atom is -0.0870 e. The van der Waals surface area contributed by atoms with Crippen molar-refractivity contribution in [1.82, 2.24) is 0 Å². The molecule has 0 aliphatic heterocycles. The molecule has 0 aromatic heterocycles. The topological polar surface area (TPSA) is 0 Å². The summed E-state index contributed by atoms with van der Waals surface area (Å²) < 4.78 is 0. The molecule has 0 atom stereocenters. The van der Waals surface area contributed by atoms with Crippen molar-refractivity contribution in [2.75, 3.05) is 0 Å². The Kier molecular flexibility index (Phi) is 5.93. The van der Waals surface area contributed by atoms with E-state index in [1.807, 2.05) is 0 Å². The van der Waals surface area contributed by atoms with E-state index in [2.05, 4.69) is 88.4 Å². The molecule has 0 unspecified atom stereocenters. The zero-order chi connectivity index (χ0) is 13.4. The second-order valence-corrected chi connectivity index (χ2v) is 4.11. The highest BCUT2D eigenvalue weighted by Crippen LogP contribution is 2.22. The molecule has 94 valence electrons. The highest BCUT2D eigenvalue weighted by molar-refractivity contribution is 5.75. The molecule has 0 N–H and O–H groups in total. The summed E-state index contributed by atoms with van der Waals surface area (Å²) in [4.78, 5) is 0. The molecule has 18 heavy (non-hydrogen) atoms. The lowest BCUT2D eigenvalue weighted by molar-refractivity contribution is 1.52. The molecule has 1 aromatic rings. The number of rotatable bonds is 4. The molecule has 0 heteroatoms. The van der Waals surface area contributed by atoms with Crippen molar-refractivity contribution in [2.24, 2.45) is 0 Å². The quantitative estimate of drug-likeness (QED) is 0.620. The minimum atomic E-state index is 1.26. The fraction of sp³-hybridized carbons (Fsp3) is 0.222. The normalized spacial score (nSPS) is 12.7. The SMILES string of the molecule is CC=Cc1cc(C=CC)c(C=CC)cc1C=CC. The van der Waals surface area contributed by atoms with Gasteiger partial charge >= 0.3 is 0 Å². The Morgan fingerprint density at radius 1 is 0.500 bits per heavy atom. The van der Waals surface area contributed by atoms with Crippen molar-refractivity contribution in [1.29, 1.82) is 0 Å². The van der Waals surface area contributed by atoms with E-state index in [1.165, 1.54) is 22.3 Å². The van der Waals surface area contributed by atoms with Crippen molar-refractivity contribution >= 4 is 24.3 Å². The van der Waals surface area contributed by atoms with E-state index in [-0.39, 0.29) is 0 Å². The van der Waals surface area contributed by atoms with Crippen LogP contribution in [0.4, 0.5) is 0 Å². The molecule has 0 amide bonds. The van der Waals surface area contributed by atoms with Crippen LogP contribution in [0.1, 0.15) is 49.9 Å². The highest BCUT2D eigenvalue weighted by atomic mass is 14.1. The molecule has 0 bridgehead atoms. The van der Waals surface area contributed by atoms with Gasteiger partial charge in [0.15, 0.2) is 0 Å². The second-order valence-electron chi connectivity index (χ2n) is 4.11. The van der Waals surface area contributed by atoms with Crippen molar-refractivity contribution in [3.05, 3.63) is 58.7 Å². The van der Waals surface area contributed by atoms with Crippen LogP contribution in [0.2, 0.25) is 0 Å². The first kappa shape index (κ1) is 14.2. The van der Waals surface area contributed by atoms with Gasteiger partial charge in [-0.2, -0.15) is 0 Å². The number of allylic oxidation sites excluding steroid dienone is 4. The van der Waals surface area contributed by atoms with E-state index < -0.39 is 0 Å². The second kappa shape index (κ2) is 7.50. The summed E-state index contributed by atoms with van der Waals surface area (Å²) in [6.07, 6.45) is 16.9. The summed E-state index contributed by atoms with van der Waals surface area (Å²) in [5.41, 5.74) is 5.04. The Morgan fingerprint density at radius 3 is 0.889 bits per heavy atom. The van der Waals surface area contributed by atoms with E-state index >= 15 is 0 Å². The first-order valence-corrected chi connectivity index (χ1v) is 6.45. The number of hydrogen-bond donors (Lipinski definition) is 0. The Bertz CT molecular complexity index is 407. The lowest BCUT2D eigenvalue weighted by Crippen LogP contribution is -1.88. The average molecular weight is 238 g/mol. The van der Waals surface area contributed by atoms with Gasteiger partial charge in [-0.3, -0.25) is 0 Å². The van der Waals surface area contributed by atoms with Crippen LogP contribution < -0.4 is 0 Å². The maximum Gasteiger partial charge on any atom is -0.0181 e. The third-order valence-corrected chi connectivity index (χ3v) is 2.67. The van der Waals surface area contributed by atoms with E-state index in [4.69, 9.17) is 0 Å². The molecule has 0 fully saturated rings. The molecular weight excluding hydrogens is 216 g/mol. The van der Waals surface area contributed by atoms with Crippen LogP contribution in [0.3, 0.4) is 0 Å². The molecule has 0 spiro atoms. The molecule has 0 saturated heterocycles. The lowest BCUT2D eigenvalue weighted by atomic mass is 9.97. The van der Waals surface area contributed by atoms with Gasteiger partial charge in [-0.15, -0.1) is 0 Å². The molecule has 1 aromatic carbocycles. The maximum atomic E-state index is 2.24. The van der Waals surface area contributed by atoms with Gasteiger partial charge in [0, 0.05) is 0 Å². The summed E-state index contributed by atoms with van der Waals surface area (Å²) in [6, 6.07) is 4.48. The third-order valence-electron chi connectivity index (χ3n) is 2.67. The van der Waals surface area contributed by atoms with Gasteiger partial charge in [0.1, 0.15) is 0 Å². The molecule has 0 saturated carbocycles. The van der Waals surface area contributed by atoms with E-state index in [0.717, 1.165) is 0 Å². The van der Waals surface area contributed by atoms with Gasteiger partial charge in [-0.05, 0) is 62.1 Å². The highest BCUT2D eigenvalue weighted by Gasteiger charge is 2.02. The average Bonchev–Trinajstić information content (AvgIpc) is 2.35. The Balaban J connectivity index is 3.48. The molecular formula is C18H22. The Labute approximate surface area is 111 Å². The minimum absolute atomic E-state index is 1.26. The van der Waals surface area contributed by atoms with Crippen molar-refractivity contribution < 1.29 is 0 Å². The largest absolute Gasteiger partial charge is 0.0870 e. The van der Waals surface area contributed by atoms with Gasteiger partial charge in [-0.1, -0.05) is 48.6 Å². The number of benzene rings is 1. The standard InChI is InChI=1S/C18H22/c1-5-9-15-13-17(11-7-3)18(12-8-4)14-16(15)10-6-2/h5-14H,1-4H3. The summed E-state index contributed by atoms with van der Waals surface area (Å²) in [6.45, 7) is 8.20. The first-order chi connectivity index (χ1) is 8.76.